The number of hydrogen-bond acceptors (Lipinski definition) is 4. The van der Waals surface area contributed by atoms with Crippen molar-refractivity contribution in [2.75, 3.05) is 6.54 Å². The molecule has 0 saturated heterocycles. The number of carbonyl (C=O) groups excluding carboxylic acids is 1. The summed E-state index contributed by atoms with van der Waals surface area (Å²) in [5.41, 5.74) is 3.29. The quantitative estimate of drug-likeness (QED) is 0.808. The lowest BCUT2D eigenvalue weighted by Crippen LogP contribution is -2.40. The minimum Gasteiger partial charge on any atom is -0.489 e. The minimum absolute atomic E-state index is 0.284. The molecule has 0 N–H and O–H groups in total. The standard InChI is InChI=1S/C22H24N2O3/c1-22(2,3)27-21(25)24-11-10-19-18(14-24)8-5-9-20(19)26-15-17-7-4-6-16(12-17)13-23/h4-9,12H,10-11,14-15H2,1-3H3. The topological polar surface area (TPSA) is 62.6 Å². The van der Waals surface area contributed by atoms with Gasteiger partial charge >= 0.3 is 6.09 Å². The molecule has 140 valence electrons. The van der Waals surface area contributed by atoms with Gasteiger partial charge in [0.05, 0.1) is 11.6 Å². The first-order valence-corrected chi connectivity index (χ1v) is 9.06. The van der Waals surface area contributed by atoms with Crippen molar-refractivity contribution in [3.8, 4) is 11.8 Å². The second-order valence-corrected chi connectivity index (χ2v) is 7.65. The highest BCUT2D eigenvalue weighted by Crippen LogP contribution is 2.29. The van der Waals surface area contributed by atoms with Crippen LogP contribution in [-0.4, -0.2) is 23.1 Å². The Balaban J connectivity index is 1.70. The average molecular weight is 364 g/mol. The first kappa shape index (κ1) is 18.8. The summed E-state index contributed by atoms with van der Waals surface area (Å²) in [6.07, 6.45) is 0.441. The Morgan fingerprint density at radius 2 is 2.00 bits per heavy atom. The van der Waals surface area contributed by atoms with Gasteiger partial charge in [0.25, 0.3) is 0 Å². The highest BCUT2D eigenvalue weighted by molar-refractivity contribution is 5.69. The summed E-state index contributed by atoms with van der Waals surface area (Å²) in [5.74, 6) is 0.832. The van der Waals surface area contributed by atoms with Crippen molar-refractivity contribution in [3.05, 3.63) is 64.7 Å². The fraction of sp³-hybridized carbons (Fsp3) is 0.364. The van der Waals surface area contributed by atoms with Gasteiger partial charge in [-0.25, -0.2) is 4.79 Å². The average Bonchev–Trinajstić information content (AvgIpc) is 2.64. The fourth-order valence-corrected chi connectivity index (χ4v) is 3.08. The van der Waals surface area contributed by atoms with Gasteiger partial charge in [-0.2, -0.15) is 5.26 Å². The number of nitriles is 1. The van der Waals surface area contributed by atoms with Crippen LogP contribution in [0.25, 0.3) is 0 Å². The maximum Gasteiger partial charge on any atom is 0.410 e. The Morgan fingerprint density at radius 3 is 2.74 bits per heavy atom. The maximum absolute atomic E-state index is 12.3. The number of fused-ring (bicyclic) bond motifs is 1. The molecule has 1 aliphatic heterocycles. The molecule has 3 rings (SSSR count). The molecule has 5 nitrogen and oxygen atoms in total. The summed E-state index contributed by atoms with van der Waals surface area (Å²) in [5, 5.41) is 9.01. The fourth-order valence-electron chi connectivity index (χ4n) is 3.08. The summed E-state index contributed by atoms with van der Waals surface area (Å²) < 4.78 is 11.5. The van der Waals surface area contributed by atoms with Crippen LogP contribution in [0.4, 0.5) is 4.79 Å². The lowest BCUT2D eigenvalue weighted by atomic mass is 9.99. The monoisotopic (exact) mass is 364 g/mol. The molecule has 1 amide bonds. The predicted molar refractivity (Wildman–Crippen MR) is 102 cm³/mol. The van der Waals surface area contributed by atoms with E-state index in [1.54, 1.807) is 11.0 Å². The zero-order valence-electron chi connectivity index (χ0n) is 16.0. The summed E-state index contributed by atoms with van der Waals surface area (Å²) in [7, 11) is 0. The molecule has 5 heteroatoms. The smallest absolute Gasteiger partial charge is 0.410 e. The number of amides is 1. The number of rotatable bonds is 3. The van der Waals surface area contributed by atoms with Crippen molar-refractivity contribution in [1.82, 2.24) is 4.90 Å². The van der Waals surface area contributed by atoms with Crippen LogP contribution < -0.4 is 4.74 Å². The molecule has 2 aromatic rings. The van der Waals surface area contributed by atoms with Gasteiger partial charge in [-0.15, -0.1) is 0 Å². The van der Waals surface area contributed by atoms with E-state index >= 15 is 0 Å². The van der Waals surface area contributed by atoms with Crippen molar-refractivity contribution in [2.45, 2.75) is 45.9 Å². The summed E-state index contributed by atoms with van der Waals surface area (Å²) in [6, 6.07) is 15.5. The molecule has 0 spiro atoms. The van der Waals surface area contributed by atoms with Crippen LogP contribution in [0.15, 0.2) is 42.5 Å². The lowest BCUT2D eigenvalue weighted by Gasteiger charge is -2.31. The second kappa shape index (κ2) is 7.71. The molecule has 0 saturated carbocycles. The molecule has 27 heavy (non-hydrogen) atoms. The Morgan fingerprint density at radius 1 is 1.22 bits per heavy atom. The van der Waals surface area contributed by atoms with Gasteiger partial charge in [0.15, 0.2) is 0 Å². The minimum atomic E-state index is -0.500. The molecule has 0 bridgehead atoms. The van der Waals surface area contributed by atoms with E-state index in [9.17, 15) is 4.79 Å². The van der Waals surface area contributed by atoms with Gasteiger partial charge in [0.1, 0.15) is 18.0 Å². The Bertz CT molecular complexity index is 878. The number of carbonyl (C=O) groups is 1. The van der Waals surface area contributed by atoms with Crippen LogP contribution in [-0.2, 0) is 24.3 Å². The third-order valence-electron chi connectivity index (χ3n) is 4.33. The van der Waals surface area contributed by atoms with E-state index in [0.29, 0.717) is 25.3 Å². The van der Waals surface area contributed by atoms with Crippen molar-refractivity contribution in [3.63, 3.8) is 0 Å². The zero-order chi connectivity index (χ0) is 19.4. The predicted octanol–water partition coefficient (Wildman–Crippen LogP) is 4.43. The highest BCUT2D eigenvalue weighted by Gasteiger charge is 2.27. The number of ether oxygens (including phenoxy) is 2. The van der Waals surface area contributed by atoms with Crippen molar-refractivity contribution in [2.24, 2.45) is 0 Å². The number of benzene rings is 2. The lowest BCUT2D eigenvalue weighted by molar-refractivity contribution is 0.0223. The molecular weight excluding hydrogens is 340 g/mol. The third kappa shape index (κ3) is 4.79. The zero-order valence-corrected chi connectivity index (χ0v) is 16.0. The van der Waals surface area contributed by atoms with Crippen LogP contribution in [0.1, 0.15) is 43.0 Å². The largest absolute Gasteiger partial charge is 0.489 e. The van der Waals surface area contributed by atoms with Crippen LogP contribution in [0.5, 0.6) is 5.75 Å². The van der Waals surface area contributed by atoms with Gasteiger partial charge in [0.2, 0.25) is 0 Å². The Labute approximate surface area is 160 Å². The van der Waals surface area contributed by atoms with Crippen molar-refractivity contribution < 1.29 is 14.3 Å². The van der Waals surface area contributed by atoms with Crippen LogP contribution in [0.2, 0.25) is 0 Å². The molecule has 0 fully saturated rings. The molecule has 1 heterocycles. The Kier molecular flexibility index (Phi) is 5.36. The van der Waals surface area contributed by atoms with Gasteiger partial charge < -0.3 is 14.4 Å². The normalized spacial score (nSPS) is 13.5. The summed E-state index contributed by atoms with van der Waals surface area (Å²) >= 11 is 0. The van der Waals surface area contributed by atoms with Crippen LogP contribution in [0.3, 0.4) is 0 Å². The van der Waals surface area contributed by atoms with E-state index in [1.807, 2.05) is 57.2 Å². The first-order valence-electron chi connectivity index (χ1n) is 9.06. The molecule has 0 unspecified atom stereocenters. The van der Waals surface area contributed by atoms with Crippen LogP contribution in [0, 0.1) is 11.3 Å². The SMILES string of the molecule is CC(C)(C)OC(=O)N1CCc2c(cccc2OCc2cccc(C#N)c2)C1. The van der Waals surface area contributed by atoms with E-state index in [0.717, 1.165) is 28.9 Å². The van der Waals surface area contributed by atoms with E-state index in [2.05, 4.69) is 6.07 Å². The summed E-state index contributed by atoms with van der Waals surface area (Å²) in [6.45, 7) is 7.14. The summed E-state index contributed by atoms with van der Waals surface area (Å²) in [4.78, 5) is 14.1. The highest BCUT2D eigenvalue weighted by atomic mass is 16.6. The van der Waals surface area contributed by atoms with E-state index < -0.39 is 5.60 Å². The van der Waals surface area contributed by atoms with Crippen molar-refractivity contribution in [1.29, 1.82) is 5.26 Å². The molecule has 1 aliphatic rings. The molecule has 0 aliphatic carbocycles. The molecular formula is C22H24N2O3. The molecule has 2 aromatic carbocycles. The number of nitrogens with zero attached hydrogens (tertiary/aromatic N) is 2. The van der Waals surface area contributed by atoms with Gasteiger partial charge in [0, 0.05) is 18.7 Å². The van der Waals surface area contributed by atoms with Gasteiger partial charge in [-0.3, -0.25) is 0 Å². The maximum atomic E-state index is 12.3. The molecule has 0 radical (unpaired) electrons. The van der Waals surface area contributed by atoms with Gasteiger partial charge in [-0.1, -0.05) is 24.3 Å². The molecule has 0 atom stereocenters. The second-order valence-electron chi connectivity index (χ2n) is 7.65. The third-order valence-corrected chi connectivity index (χ3v) is 4.33. The van der Waals surface area contributed by atoms with Crippen molar-refractivity contribution >= 4 is 6.09 Å². The Hall–Kier alpha value is -3.00. The van der Waals surface area contributed by atoms with Gasteiger partial charge in [-0.05, 0) is 56.5 Å². The van der Waals surface area contributed by atoms with E-state index in [-0.39, 0.29) is 6.09 Å². The van der Waals surface area contributed by atoms with Crippen LogP contribution >= 0.6 is 0 Å². The van der Waals surface area contributed by atoms with E-state index in [4.69, 9.17) is 14.7 Å². The first-order chi connectivity index (χ1) is 12.9. The molecule has 0 aromatic heterocycles. The number of hydrogen-bond donors (Lipinski definition) is 0. The van der Waals surface area contributed by atoms with E-state index in [1.165, 1.54) is 0 Å².